The largest absolute Gasteiger partial charge is 0.402 e. The molecule has 3 aliphatic heterocycles. The molecule has 0 spiro atoms. The van der Waals surface area contributed by atoms with Gasteiger partial charge >= 0.3 is 12.2 Å². The first-order valence-electron chi connectivity index (χ1n) is 22.3. The Bertz CT molecular complexity index is 2740. The van der Waals surface area contributed by atoms with Crippen LogP contribution in [0.5, 0.6) is 0 Å². The number of benzene rings is 3. The zero-order valence-electron chi connectivity index (χ0n) is 37.3. The highest BCUT2D eigenvalue weighted by Crippen LogP contribution is 2.40. The number of hydrogen-bond acceptors (Lipinski definition) is 11. The minimum absolute atomic E-state index is 0.231. The molecule has 3 saturated heterocycles. The number of amides is 4. The van der Waals surface area contributed by atoms with E-state index in [0.29, 0.717) is 24.5 Å². The minimum Gasteiger partial charge on any atom is -0.372 e. The molecular weight excluding hydrogens is 852 g/mol. The predicted octanol–water partition coefficient (Wildman–Crippen LogP) is 7.80. The predicted molar refractivity (Wildman–Crippen MR) is 244 cm³/mol. The summed E-state index contributed by atoms with van der Waals surface area (Å²) in [5.41, 5.74) is 6.69. The van der Waals surface area contributed by atoms with Crippen molar-refractivity contribution < 1.29 is 32.1 Å². The SMILES string of the molecule is Cc1cc(-c2ncnc3[nH]c(-c4ccc(N5CCN(CC6CCN(c7ccc(N8CCC(=O)NC8=O)cc7)CC6)CC5)cc4)cc23)ccc1[C@@H](C)NC(=O)c1noc(C(C)(C)C(F)(F)F)n1. The van der Waals surface area contributed by atoms with Crippen molar-refractivity contribution in [2.24, 2.45) is 5.92 Å². The summed E-state index contributed by atoms with van der Waals surface area (Å²) in [6, 6.07) is 23.7. The summed E-state index contributed by atoms with van der Waals surface area (Å²) in [5, 5.41) is 9.52. The number of H-pyrrole nitrogens is 1. The molecule has 3 aromatic heterocycles. The molecule has 1 atom stereocenters. The highest BCUT2D eigenvalue weighted by molar-refractivity contribution is 6.05. The number of aromatic nitrogens is 5. The number of aromatic amines is 1. The van der Waals surface area contributed by atoms with Gasteiger partial charge in [0.25, 0.3) is 11.7 Å². The summed E-state index contributed by atoms with van der Waals surface area (Å²) in [6.45, 7) is 13.0. The third-order valence-electron chi connectivity index (χ3n) is 13.3. The summed E-state index contributed by atoms with van der Waals surface area (Å²) < 4.78 is 45.3. The quantitative estimate of drug-likeness (QED) is 0.116. The Morgan fingerprint density at radius 2 is 1.50 bits per heavy atom. The maximum absolute atomic E-state index is 13.5. The second-order valence-corrected chi connectivity index (χ2v) is 18.0. The van der Waals surface area contributed by atoms with Crippen LogP contribution in [-0.4, -0.2) is 106 Å². The van der Waals surface area contributed by atoms with E-state index in [4.69, 9.17) is 4.52 Å². The summed E-state index contributed by atoms with van der Waals surface area (Å²) in [6.07, 6.45) is -0.517. The Morgan fingerprint density at radius 1 is 0.848 bits per heavy atom. The molecule has 0 bridgehead atoms. The van der Waals surface area contributed by atoms with Gasteiger partial charge in [-0.05, 0) is 112 Å². The van der Waals surface area contributed by atoms with Gasteiger partial charge in [0, 0.05) is 92.5 Å². The van der Waals surface area contributed by atoms with Gasteiger partial charge in [-0.1, -0.05) is 29.4 Å². The van der Waals surface area contributed by atoms with Gasteiger partial charge < -0.3 is 24.6 Å². The van der Waals surface area contributed by atoms with Crippen molar-refractivity contribution in [1.82, 2.24) is 40.6 Å². The van der Waals surface area contributed by atoms with Gasteiger partial charge in [0.15, 0.2) is 0 Å². The number of urea groups is 1. The number of nitrogens with one attached hydrogen (secondary N) is 3. The van der Waals surface area contributed by atoms with Gasteiger partial charge in [0.05, 0.1) is 11.7 Å². The number of rotatable bonds is 11. The molecular formula is C48H52F3N11O4. The molecule has 3 N–H and O–H groups in total. The van der Waals surface area contributed by atoms with Crippen molar-refractivity contribution in [3.05, 3.63) is 102 Å². The Morgan fingerprint density at radius 3 is 2.17 bits per heavy atom. The van der Waals surface area contributed by atoms with Crippen LogP contribution < -0.4 is 25.3 Å². The molecule has 344 valence electrons. The smallest absolute Gasteiger partial charge is 0.372 e. The maximum atomic E-state index is 13.5. The van der Waals surface area contributed by atoms with Crippen molar-refractivity contribution in [3.63, 3.8) is 0 Å². The van der Waals surface area contributed by atoms with E-state index in [0.717, 1.165) is 123 Å². The van der Waals surface area contributed by atoms with E-state index >= 15 is 0 Å². The first-order chi connectivity index (χ1) is 31.6. The number of fused-ring (bicyclic) bond motifs is 1. The molecule has 3 aromatic carbocycles. The van der Waals surface area contributed by atoms with Gasteiger partial charge in [-0.25, -0.2) is 14.8 Å². The molecule has 3 fully saturated rings. The lowest BCUT2D eigenvalue weighted by molar-refractivity contribution is -0.186. The van der Waals surface area contributed by atoms with Gasteiger partial charge in [0.2, 0.25) is 11.8 Å². The number of carbonyl (C=O) groups excluding carboxylic acids is 3. The zero-order chi connectivity index (χ0) is 46.3. The number of halogens is 3. The summed E-state index contributed by atoms with van der Waals surface area (Å²) >= 11 is 0. The fourth-order valence-electron chi connectivity index (χ4n) is 9.10. The minimum atomic E-state index is -4.63. The van der Waals surface area contributed by atoms with Crippen LogP contribution in [0, 0.1) is 12.8 Å². The van der Waals surface area contributed by atoms with E-state index in [1.165, 1.54) is 12.0 Å². The van der Waals surface area contributed by atoms with E-state index in [1.807, 2.05) is 37.3 Å². The highest BCUT2D eigenvalue weighted by atomic mass is 19.4. The lowest BCUT2D eigenvalue weighted by Crippen LogP contribution is -2.49. The van der Waals surface area contributed by atoms with Crippen LogP contribution in [0.4, 0.5) is 35.0 Å². The summed E-state index contributed by atoms with van der Waals surface area (Å²) in [7, 11) is 0. The zero-order valence-corrected chi connectivity index (χ0v) is 37.3. The van der Waals surface area contributed by atoms with Gasteiger partial charge in [-0.3, -0.25) is 24.7 Å². The molecule has 18 heteroatoms. The van der Waals surface area contributed by atoms with Gasteiger partial charge in [0.1, 0.15) is 17.4 Å². The molecule has 6 aromatic rings. The Labute approximate surface area is 379 Å². The standard InChI is InChI=1S/C48H52F3N11O4/c1-29-25-33(7-14-37(29)30(2)54-44(64)43-57-45(66-58-43)47(3,4)48(49,50)51)41-38-26-39(55-42(38)53-28-52-41)32-5-8-34(9-6-32)61-23-21-59(22-24-61)27-31-15-18-60(19-16-31)35-10-12-36(13-11-35)62-20-17-40(63)56-46(62)65/h5-14,25-26,28,30-31H,15-24,27H2,1-4H3,(H,54,64)(H,52,53,55)(H,56,63,65)/t30-/m1/s1. The fourth-order valence-corrected chi connectivity index (χ4v) is 9.10. The molecule has 3 aliphatic rings. The lowest BCUT2D eigenvalue weighted by Gasteiger charge is -2.40. The molecule has 0 saturated carbocycles. The molecule has 66 heavy (non-hydrogen) atoms. The summed E-state index contributed by atoms with van der Waals surface area (Å²) in [5.74, 6) is -1.48. The average Bonchev–Trinajstić information content (AvgIpc) is 3.99. The first-order valence-corrected chi connectivity index (χ1v) is 22.3. The Balaban J connectivity index is 0.769. The number of anilines is 3. The van der Waals surface area contributed by atoms with Crippen LogP contribution in [0.15, 0.2) is 83.6 Å². The number of piperidine rings is 1. The van der Waals surface area contributed by atoms with Crippen molar-refractivity contribution >= 4 is 45.9 Å². The normalized spacial score (nSPS) is 17.3. The second-order valence-electron chi connectivity index (χ2n) is 18.0. The third-order valence-corrected chi connectivity index (χ3v) is 13.3. The number of nitrogens with zero attached hydrogens (tertiary/aromatic N) is 8. The van der Waals surface area contributed by atoms with E-state index in [-0.39, 0.29) is 11.9 Å². The third kappa shape index (κ3) is 9.05. The van der Waals surface area contributed by atoms with Gasteiger partial charge in [-0.2, -0.15) is 18.2 Å². The van der Waals surface area contributed by atoms with E-state index < -0.39 is 35.3 Å². The molecule has 15 nitrogen and oxygen atoms in total. The Hall–Kier alpha value is -6.82. The average molecular weight is 904 g/mol. The Kier molecular flexibility index (Phi) is 12.0. The van der Waals surface area contributed by atoms with Crippen LogP contribution in [-0.2, 0) is 10.2 Å². The number of piperazine rings is 1. The lowest BCUT2D eigenvalue weighted by atomic mass is 9.93. The van der Waals surface area contributed by atoms with Crippen LogP contribution in [0.3, 0.4) is 0 Å². The maximum Gasteiger partial charge on any atom is 0.402 e. The molecule has 0 unspecified atom stereocenters. The van der Waals surface area contributed by atoms with Crippen molar-refractivity contribution in [1.29, 1.82) is 0 Å². The van der Waals surface area contributed by atoms with E-state index in [2.05, 4.69) is 92.9 Å². The van der Waals surface area contributed by atoms with Gasteiger partial charge in [-0.15, -0.1) is 0 Å². The number of carbonyl (C=O) groups is 3. The molecule has 0 aliphatic carbocycles. The highest BCUT2D eigenvalue weighted by Gasteiger charge is 2.53. The van der Waals surface area contributed by atoms with E-state index in [9.17, 15) is 27.6 Å². The second kappa shape index (κ2) is 17.9. The van der Waals surface area contributed by atoms with Crippen molar-refractivity contribution in [2.75, 3.05) is 67.1 Å². The van der Waals surface area contributed by atoms with Crippen molar-refractivity contribution in [2.45, 2.75) is 64.6 Å². The van der Waals surface area contributed by atoms with E-state index in [1.54, 1.807) is 11.8 Å². The number of imide groups is 1. The number of alkyl halides is 3. The fraction of sp³-hybridized carbons (Fsp3) is 0.396. The summed E-state index contributed by atoms with van der Waals surface area (Å²) in [4.78, 5) is 62.2. The van der Waals surface area contributed by atoms with Crippen molar-refractivity contribution in [3.8, 4) is 22.5 Å². The number of hydrogen-bond donors (Lipinski definition) is 3. The topological polar surface area (TPSA) is 169 Å². The monoisotopic (exact) mass is 903 g/mol. The van der Waals surface area contributed by atoms with Crippen LogP contribution in [0.1, 0.15) is 73.7 Å². The molecule has 0 radical (unpaired) electrons. The molecule has 4 amide bonds. The van der Waals surface area contributed by atoms with Crippen LogP contribution in [0.2, 0.25) is 0 Å². The van der Waals surface area contributed by atoms with Crippen LogP contribution >= 0.6 is 0 Å². The number of aryl methyl sites for hydroxylation is 1. The van der Waals surface area contributed by atoms with Crippen LogP contribution in [0.25, 0.3) is 33.5 Å². The first kappa shape index (κ1) is 44.4. The molecule has 6 heterocycles. The molecule has 9 rings (SSSR count).